The minimum Gasteiger partial charge on any atom is -0.323 e. The largest absolute Gasteiger partial charge is 0.323 e. The molecule has 0 bridgehead atoms. The van der Waals surface area contributed by atoms with Crippen LogP contribution in [0.1, 0.15) is 37.8 Å². The van der Waals surface area contributed by atoms with E-state index >= 15 is 0 Å². The monoisotopic (exact) mass is 249 g/mol. The molecule has 14 heavy (non-hydrogen) atoms. The van der Waals surface area contributed by atoms with Crippen LogP contribution in [-0.4, -0.2) is 0 Å². The van der Waals surface area contributed by atoms with Gasteiger partial charge >= 0.3 is 0 Å². The van der Waals surface area contributed by atoms with Gasteiger partial charge in [0.2, 0.25) is 0 Å². The molecule has 1 atom stereocenters. The van der Waals surface area contributed by atoms with Gasteiger partial charge in [-0.3, -0.25) is 0 Å². The minimum atomic E-state index is 0.0590. The lowest BCUT2D eigenvalue weighted by Crippen LogP contribution is -2.21. The summed E-state index contributed by atoms with van der Waals surface area (Å²) in [7, 11) is 0. The highest BCUT2D eigenvalue weighted by Crippen LogP contribution is 2.57. The maximum atomic E-state index is 6.22. The van der Waals surface area contributed by atoms with Crippen molar-refractivity contribution in [3.8, 4) is 0 Å². The van der Waals surface area contributed by atoms with E-state index in [9.17, 15) is 0 Å². The van der Waals surface area contributed by atoms with Crippen molar-refractivity contribution < 1.29 is 0 Å². The molecule has 0 aliphatic heterocycles. The Morgan fingerprint density at radius 3 is 2.57 bits per heavy atom. The fourth-order valence-corrected chi connectivity index (χ4v) is 3.49. The zero-order valence-electron chi connectivity index (χ0n) is 8.02. The van der Waals surface area contributed by atoms with Crippen molar-refractivity contribution in [2.45, 2.75) is 32.2 Å². The van der Waals surface area contributed by atoms with Gasteiger partial charge in [-0.25, -0.2) is 0 Å². The number of hydrogen-bond donors (Lipinski definition) is 1. The highest BCUT2D eigenvalue weighted by Gasteiger charge is 2.47. The molecule has 1 fully saturated rings. The standard InChI is InChI=1S/C10H13Cl2NS/c1-2-10(3-4-10)8(13)6-5-7(11)14-9(6)12/h5,8H,2-4,13H2,1H3. The molecule has 1 aromatic heterocycles. The molecular formula is C10H13Cl2NS. The van der Waals surface area contributed by atoms with E-state index in [1.54, 1.807) is 0 Å². The highest BCUT2D eigenvalue weighted by atomic mass is 35.5. The molecule has 4 heteroatoms. The fraction of sp³-hybridized carbons (Fsp3) is 0.600. The Hall–Kier alpha value is 0.240. The van der Waals surface area contributed by atoms with Crippen molar-refractivity contribution in [1.29, 1.82) is 0 Å². The zero-order chi connectivity index (χ0) is 10.3. The van der Waals surface area contributed by atoms with E-state index in [-0.39, 0.29) is 6.04 Å². The molecule has 0 aromatic carbocycles. The first-order chi connectivity index (χ1) is 6.59. The third-order valence-corrected chi connectivity index (χ3v) is 4.79. The third kappa shape index (κ3) is 1.69. The van der Waals surface area contributed by atoms with Gasteiger partial charge in [0.25, 0.3) is 0 Å². The summed E-state index contributed by atoms with van der Waals surface area (Å²) in [5.74, 6) is 0. The van der Waals surface area contributed by atoms with E-state index < -0.39 is 0 Å². The van der Waals surface area contributed by atoms with E-state index in [0.717, 1.165) is 20.7 Å². The van der Waals surface area contributed by atoms with Gasteiger partial charge in [0.1, 0.15) is 0 Å². The Morgan fingerprint density at radius 2 is 2.21 bits per heavy atom. The SMILES string of the molecule is CCC1(C(N)c2cc(Cl)sc2Cl)CC1. The molecule has 1 aliphatic rings. The molecule has 0 amide bonds. The fourth-order valence-electron chi connectivity index (χ4n) is 1.94. The van der Waals surface area contributed by atoms with Crippen LogP contribution in [0.5, 0.6) is 0 Å². The summed E-state index contributed by atoms with van der Waals surface area (Å²) in [4.78, 5) is 0. The van der Waals surface area contributed by atoms with Gasteiger partial charge in [0.05, 0.1) is 8.67 Å². The molecule has 1 saturated carbocycles. The molecule has 1 unspecified atom stereocenters. The lowest BCUT2D eigenvalue weighted by Gasteiger charge is -2.21. The lowest BCUT2D eigenvalue weighted by molar-refractivity contribution is 0.395. The van der Waals surface area contributed by atoms with Crippen LogP contribution in [0.15, 0.2) is 6.07 Å². The van der Waals surface area contributed by atoms with E-state index in [1.165, 1.54) is 24.2 Å². The summed E-state index contributed by atoms with van der Waals surface area (Å²) >= 11 is 13.4. The Labute approximate surface area is 98.2 Å². The van der Waals surface area contributed by atoms with Crippen molar-refractivity contribution in [3.63, 3.8) is 0 Å². The quantitative estimate of drug-likeness (QED) is 0.852. The van der Waals surface area contributed by atoms with E-state index in [4.69, 9.17) is 28.9 Å². The number of rotatable bonds is 3. The second-order valence-electron chi connectivity index (χ2n) is 3.97. The number of halogens is 2. The molecule has 1 nitrogen and oxygen atoms in total. The Kier molecular flexibility index (Phi) is 2.82. The summed E-state index contributed by atoms with van der Waals surface area (Å²) < 4.78 is 1.48. The zero-order valence-corrected chi connectivity index (χ0v) is 10.3. The van der Waals surface area contributed by atoms with Crippen LogP contribution in [0.3, 0.4) is 0 Å². The molecule has 1 aromatic rings. The van der Waals surface area contributed by atoms with Crippen LogP contribution in [0.4, 0.5) is 0 Å². The van der Waals surface area contributed by atoms with Crippen LogP contribution in [0.2, 0.25) is 8.67 Å². The number of thiophene rings is 1. The molecule has 0 spiro atoms. The van der Waals surface area contributed by atoms with E-state index in [1.807, 2.05) is 6.07 Å². The van der Waals surface area contributed by atoms with Crippen molar-refractivity contribution >= 4 is 34.5 Å². The van der Waals surface area contributed by atoms with E-state index in [2.05, 4.69) is 6.92 Å². The van der Waals surface area contributed by atoms with Gasteiger partial charge in [0, 0.05) is 11.6 Å². The van der Waals surface area contributed by atoms with Gasteiger partial charge in [-0.1, -0.05) is 30.1 Å². The first kappa shape index (κ1) is 10.7. The van der Waals surface area contributed by atoms with Crippen molar-refractivity contribution in [2.75, 3.05) is 0 Å². The molecule has 1 heterocycles. The predicted octanol–water partition coefficient (Wildman–Crippen LogP) is 4.24. The van der Waals surface area contributed by atoms with Crippen LogP contribution in [0, 0.1) is 5.41 Å². The second-order valence-corrected chi connectivity index (χ2v) is 6.26. The summed E-state index contributed by atoms with van der Waals surface area (Å²) in [5, 5.41) is 0. The number of nitrogens with two attached hydrogens (primary N) is 1. The maximum Gasteiger partial charge on any atom is 0.0992 e. The highest BCUT2D eigenvalue weighted by molar-refractivity contribution is 7.20. The van der Waals surface area contributed by atoms with Crippen LogP contribution >= 0.6 is 34.5 Å². The Morgan fingerprint density at radius 1 is 1.57 bits per heavy atom. The average molecular weight is 250 g/mol. The first-order valence-electron chi connectivity index (χ1n) is 4.79. The topological polar surface area (TPSA) is 26.0 Å². The molecule has 0 radical (unpaired) electrons. The molecular weight excluding hydrogens is 237 g/mol. The lowest BCUT2D eigenvalue weighted by atomic mass is 9.90. The first-order valence-corrected chi connectivity index (χ1v) is 6.36. The Bertz CT molecular complexity index is 344. The summed E-state index contributed by atoms with van der Waals surface area (Å²) in [6.45, 7) is 2.19. The molecule has 78 valence electrons. The normalized spacial score (nSPS) is 20.9. The third-order valence-electron chi connectivity index (χ3n) is 3.27. The molecule has 2 rings (SSSR count). The van der Waals surface area contributed by atoms with Crippen molar-refractivity contribution in [3.05, 3.63) is 20.3 Å². The maximum absolute atomic E-state index is 6.22. The molecule has 2 N–H and O–H groups in total. The van der Waals surface area contributed by atoms with Gasteiger partial charge < -0.3 is 5.73 Å². The Balaban J connectivity index is 2.27. The van der Waals surface area contributed by atoms with Gasteiger partial charge in [0.15, 0.2) is 0 Å². The molecule has 1 aliphatic carbocycles. The van der Waals surface area contributed by atoms with Gasteiger partial charge in [-0.05, 0) is 30.7 Å². The van der Waals surface area contributed by atoms with Crippen LogP contribution in [0.25, 0.3) is 0 Å². The number of hydrogen-bond acceptors (Lipinski definition) is 2. The van der Waals surface area contributed by atoms with Crippen LogP contribution < -0.4 is 5.73 Å². The average Bonchev–Trinajstić information content (AvgIpc) is 2.87. The van der Waals surface area contributed by atoms with Gasteiger partial charge in [-0.15, -0.1) is 11.3 Å². The van der Waals surface area contributed by atoms with Crippen molar-refractivity contribution in [1.82, 2.24) is 0 Å². The van der Waals surface area contributed by atoms with E-state index in [0.29, 0.717) is 5.41 Å². The smallest absolute Gasteiger partial charge is 0.0992 e. The van der Waals surface area contributed by atoms with Gasteiger partial charge in [-0.2, -0.15) is 0 Å². The molecule has 0 saturated heterocycles. The van der Waals surface area contributed by atoms with Crippen molar-refractivity contribution in [2.24, 2.45) is 11.1 Å². The second kappa shape index (κ2) is 3.67. The summed E-state index contributed by atoms with van der Waals surface area (Å²) in [6, 6.07) is 1.97. The van der Waals surface area contributed by atoms with Crippen LogP contribution in [-0.2, 0) is 0 Å². The minimum absolute atomic E-state index is 0.0590. The predicted molar refractivity (Wildman–Crippen MR) is 63.2 cm³/mol. The summed E-state index contributed by atoms with van der Waals surface area (Å²) in [6.07, 6.45) is 3.56. The summed E-state index contributed by atoms with van der Waals surface area (Å²) in [5.41, 5.74) is 7.55.